The number of nitrogens with one attached hydrogen (secondary N) is 5. The maximum absolute atomic E-state index is 12.1. The van der Waals surface area contributed by atoms with Crippen LogP contribution in [0.1, 0.15) is 17.5 Å². The molecule has 0 saturated carbocycles. The average Bonchev–Trinajstić information content (AvgIpc) is 2.60. The van der Waals surface area contributed by atoms with E-state index < -0.39 is 5.91 Å². The summed E-state index contributed by atoms with van der Waals surface area (Å²) in [4.78, 5) is 24.1. The van der Waals surface area contributed by atoms with Gasteiger partial charge in [0.25, 0.3) is 5.91 Å². The molecular weight excluding hydrogens is 318 g/mol. The number of likely N-dealkylation sites (N-methyl/N-ethyl adjacent to an activating group) is 1. The van der Waals surface area contributed by atoms with Crippen LogP contribution in [-0.2, 0) is 16.0 Å². The van der Waals surface area contributed by atoms with Crippen LogP contribution in [0.5, 0.6) is 0 Å². The first-order valence-electron chi connectivity index (χ1n) is 8.14. The molecule has 136 valence electrons. The van der Waals surface area contributed by atoms with Crippen LogP contribution in [0, 0.1) is 12.3 Å². The van der Waals surface area contributed by atoms with Crippen LogP contribution in [-0.4, -0.2) is 45.2 Å². The van der Waals surface area contributed by atoms with E-state index in [0.717, 1.165) is 12.0 Å². The smallest absolute Gasteiger partial charge is 0.256 e. The molecular formula is C18H27N5O2. The first kappa shape index (κ1) is 20.2. The molecule has 0 bridgehead atoms. The van der Waals surface area contributed by atoms with Crippen molar-refractivity contribution in [3.8, 4) is 0 Å². The maximum atomic E-state index is 12.1. The van der Waals surface area contributed by atoms with E-state index in [1.54, 1.807) is 14.1 Å². The predicted octanol–water partition coefficient (Wildman–Crippen LogP) is 0.460. The van der Waals surface area contributed by atoms with Gasteiger partial charge >= 0.3 is 0 Å². The van der Waals surface area contributed by atoms with Crippen molar-refractivity contribution in [3.05, 3.63) is 46.8 Å². The lowest BCUT2D eigenvalue weighted by atomic mass is 10.1. The second kappa shape index (κ2) is 10.1. The Bertz CT molecular complexity index is 644. The Morgan fingerprint density at radius 1 is 1.00 bits per heavy atom. The second-order valence-electron chi connectivity index (χ2n) is 5.57. The van der Waals surface area contributed by atoms with Crippen molar-refractivity contribution >= 4 is 17.5 Å². The summed E-state index contributed by atoms with van der Waals surface area (Å²) < 4.78 is 0. The molecule has 7 heteroatoms. The minimum Gasteiger partial charge on any atom is -0.374 e. The molecule has 0 aliphatic rings. The lowest BCUT2D eigenvalue weighted by molar-refractivity contribution is -0.119. The summed E-state index contributed by atoms with van der Waals surface area (Å²) in [5, 5.41) is 19.0. The monoisotopic (exact) mass is 345 g/mol. The Kier molecular flexibility index (Phi) is 8.18. The molecule has 1 rings (SSSR count). The average molecular weight is 345 g/mol. The highest BCUT2D eigenvalue weighted by Gasteiger charge is 2.20. The van der Waals surface area contributed by atoms with Crippen LogP contribution in [0.2, 0.25) is 0 Å². The molecule has 2 amide bonds. The van der Waals surface area contributed by atoms with E-state index in [0.29, 0.717) is 12.4 Å². The molecule has 0 fully saturated rings. The van der Waals surface area contributed by atoms with Crippen molar-refractivity contribution in [2.24, 2.45) is 0 Å². The van der Waals surface area contributed by atoms with Gasteiger partial charge in [0.15, 0.2) is 0 Å². The third-order valence-electron chi connectivity index (χ3n) is 3.70. The first-order valence-corrected chi connectivity index (χ1v) is 8.14. The molecule has 0 heterocycles. The number of amides is 2. The largest absolute Gasteiger partial charge is 0.374 e. The quantitative estimate of drug-likeness (QED) is 0.331. The van der Waals surface area contributed by atoms with E-state index in [9.17, 15) is 9.59 Å². The van der Waals surface area contributed by atoms with E-state index in [1.807, 2.05) is 31.2 Å². The van der Waals surface area contributed by atoms with Crippen molar-refractivity contribution in [1.29, 1.82) is 5.41 Å². The van der Waals surface area contributed by atoms with Crippen molar-refractivity contribution in [2.75, 3.05) is 27.7 Å². The van der Waals surface area contributed by atoms with Crippen LogP contribution in [0.25, 0.3) is 0 Å². The van der Waals surface area contributed by atoms with Gasteiger partial charge in [-0.05, 0) is 18.9 Å². The van der Waals surface area contributed by atoms with Gasteiger partial charge in [0, 0.05) is 27.7 Å². The summed E-state index contributed by atoms with van der Waals surface area (Å²) in [5.74, 6) is -0.307. The Hall–Kier alpha value is -2.83. The minimum absolute atomic E-state index is 0.0501. The van der Waals surface area contributed by atoms with Gasteiger partial charge < -0.3 is 26.7 Å². The van der Waals surface area contributed by atoms with Gasteiger partial charge in [-0.15, -0.1) is 0 Å². The molecule has 0 aliphatic heterocycles. The molecule has 0 saturated heterocycles. The molecule has 0 radical (unpaired) electrons. The molecule has 0 aliphatic carbocycles. The third kappa shape index (κ3) is 6.29. The topological polar surface area (TPSA) is 106 Å². The molecule has 0 unspecified atom stereocenters. The molecule has 1 aromatic rings. The number of carbonyl (C=O) groups is 2. The number of carbonyl (C=O) groups excluding carboxylic acids is 2. The van der Waals surface area contributed by atoms with Crippen LogP contribution in [0.3, 0.4) is 0 Å². The fourth-order valence-electron chi connectivity index (χ4n) is 2.31. The Balaban J connectivity index is 2.61. The summed E-state index contributed by atoms with van der Waals surface area (Å²) in [6.45, 7) is 2.51. The second-order valence-corrected chi connectivity index (χ2v) is 5.57. The van der Waals surface area contributed by atoms with E-state index in [4.69, 9.17) is 5.41 Å². The van der Waals surface area contributed by atoms with Crippen LogP contribution >= 0.6 is 0 Å². The molecule has 0 spiro atoms. The van der Waals surface area contributed by atoms with Crippen molar-refractivity contribution in [1.82, 2.24) is 21.3 Å². The van der Waals surface area contributed by atoms with Crippen LogP contribution in [0.15, 0.2) is 35.7 Å². The number of aryl methyl sites for hydroxylation is 1. The number of hydrogen-bond donors (Lipinski definition) is 5. The molecule has 0 aromatic heterocycles. The summed E-state index contributed by atoms with van der Waals surface area (Å²) in [7, 11) is 4.77. The molecule has 1 aromatic carbocycles. The Labute approximate surface area is 148 Å². The van der Waals surface area contributed by atoms with Gasteiger partial charge in [0.1, 0.15) is 11.4 Å². The maximum Gasteiger partial charge on any atom is 0.256 e. The van der Waals surface area contributed by atoms with Crippen molar-refractivity contribution < 1.29 is 9.59 Å². The highest BCUT2D eigenvalue weighted by molar-refractivity contribution is 6.24. The van der Waals surface area contributed by atoms with Gasteiger partial charge in [0.2, 0.25) is 5.91 Å². The predicted molar refractivity (Wildman–Crippen MR) is 99.4 cm³/mol. The van der Waals surface area contributed by atoms with Gasteiger partial charge in [-0.25, -0.2) is 0 Å². The van der Waals surface area contributed by atoms with E-state index >= 15 is 0 Å². The summed E-state index contributed by atoms with van der Waals surface area (Å²) in [6.07, 6.45) is 0.555. The van der Waals surface area contributed by atoms with Crippen molar-refractivity contribution in [2.45, 2.75) is 19.8 Å². The third-order valence-corrected chi connectivity index (χ3v) is 3.70. The Morgan fingerprint density at radius 2 is 1.60 bits per heavy atom. The highest BCUT2D eigenvalue weighted by Crippen LogP contribution is 2.06. The fourth-order valence-corrected chi connectivity index (χ4v) is 2.31. The fraction of sp³-hybridized carbons (Fsp3) is 0.389. The zero-order valence-electron chi connectivity index (χ0n) is 15.2. The zero-order chi connectivity index (χ0) is 18.8. The van der Waals surface area contributed by atoms with Gasteiger partial charge in [-0.1, -0.05) is 29.8 Å². The van der Waals surface area contributed by atoms with Gasteiger partial charge in [-0.2, -0.15) is 0 Å². The first-order chi connectivity index (χ1) is 11.9. The lowest BCUT2D eigenvalue weighted by Crippen LogP contribution is -2.35. The zero-order valence-corrected chi connectivity index (χ0v) is 15.2. The number of hydrogen-bond acceptors (Lipinski definition) is 5. The van der Waals surface area contributed by atoms with Gasteiger partial charge in [0.05, 0.1) is 12.1 Å². The Morgan fingerprint density at radius 3 is 2.12 bits per heavy atom. The normalized spacial score (nSPS) is 9.76. The SMILES string of the molecule is CNC(=O)C(C(=N)CC(=O)NCCc1ccc(C)cc1)=C(NC)NC. The molecule has 7 nitrogen and oxygen atoms in total. The van der Waals surface area contributed by atoms with E-state index in [-0.39, 0.29) is 23.6 Å². The number of benzene rings is 1. The highest BCUT2D eigenvalue weighted by atomic mass is 16.2. The van der Waals surface area contributed by atoms with Crippen LogP contribution in [0.4, 0.5) is 0 Å². The van der Waals surface area contributed by atoms with E-state index in [1.165, 1.54) is 12.6 Å². The molecule has 25 heavy (non-hydrogen) atoms. The minimum atomic E-state index is -0.420. The molecule has 0 atom stereocenters. The summed E-state index contributed by atoms with van der Waals surface area (Å²) >= 11 is 0. The summed E-state index contributed by atoms with van der Waals surface area (Å²) in [6, 6.07) is 8.12. The lowest BCUT2D eigenvalue weighted by Gasteiger charge is -2.14. The standard InChI is InChI=1S/C18H27N5O2/c1-12-5-7-13(8-6-12)9-10-23-15(24)11-14(19)16(18(25)22-4)17(20-2)21-3/h5-8,19-21H,9-11H2,1-4H3,(H,22,25)(H,23,24). The van der Waals surface area contributed by atoms with Crippen molar-refractivity contribution in [3.63, 3.8) is 0 Å². The van der Waals surface area contributed by atoms with Gasteiger partial charge in [-0.3, -0.25) is 9.59 Å². The molecule has 5 N–H and O–H groups in total. The van der Waals surface area contributed by atoms with Crippen LogP contribution < -0.4 is 21.3 Å². The number of rotatable bonds is 9. The summed E-state index contributed by atoms with van der Waals surface area (Å²) in [5.41, 5.74) is 2.41. The van der Waals surface area contributed by atoms with E-state index in [2.05, 4.69) is 21.3 Å².